The number of hydrogen-bond donors (Lipinski definition) is 1. The van der Waals surface area contributed by atoms with Crippen LogP contribution in [0.1, 0.15) is 18.5 Å². The summed E-state index contributed by atoms with van der Waals surface area (Å²) in [7, 11) is 1.85. The van der Waals surface area contributed by atoms with Crippen molar-refractivity contribution in [2.45, 2.75) is 25.3 Å². The molecule has 0 aliphatic carbocycles. The number of halogens is 1. The molecule has 2 heterocycles. The number of hydrogen-bond acceptors (Lipinski definition) is 3. The maximum atomic E-state index is 12.2. The molecule has 126 valence electrons. The van der Waals surface area contributed by atoms with Crippen LogP contribution in [0.3, 0.4) is 0 Å². The fourth-order valence-electron chi connectivity index (χ4n) is 2.90. The second-order valence-electron chi connectivity index (χ2n) is 5.87. The molecule has 6 nitrogen and oxygen atoms in total. The van der Waals surface area contributed by atoms with E-state index in [9.17, 15) is 9.59 Å². The SMILES string of the molecule is Cn1nccc1CCC(=O)N[C@H]1CC(=O)N(c2ccccc2Cl)C1. The minimum absolute atomic E-state index is 0.0277. The molecule has 0 bridgehead atoms. The predicted octanol–water partition coefficient (Wildman–Crippen LogP) is 1.93. The van der Waals surface area contributed by atoms with E-state index in [2.05, 4.69) is 10.4 Å². The van der Waals surface area contributed by atoms with Crippen LogP contribution in [-0.4, -0.2) is 34.2 Å². The van der Waals surface area contributed by atoms with E-state index in [0.717, 1.165) is 5.69 Å². The van der Waals surface area contributed by atoms with Gasteiger partial charge in [-0.2, -0.15) is 5.10 Å². The average molecular weight is 347 g/mol. The van der Waals surface area contributed by atoms with Crippen LogP contribution >= 0.6 is 11.6 Å². The monoisotopic (exact) mass is 346 g/mol. The van der Waals surface area contributed by atoms with Gasteiger partial charge in [-0.3, -0.25) is 14.3 Å². The highest BCUT2D eigenvalue weighted by atomic mass is 35.5. The van der Waals surface area contributed by atoms with Crippen molar-refractivity contribution >= 4 is 29.1 Å². The lowest BCUT2D eigenvalue weighted by Gasteiger charge is -2.18. The van der Waals surface area contributed by atoms with Crippen LogP contribution in [0.15, 0.2) is 36.5 Å². The van der Waals surface area contributed by atoms with E-state index in [1.54, 1.807) is 21.8 Å². The average Bonchev–Trinajstić information content (AvgIpc) is 3.11. The molecule has 1 aromatic heterocycles. The molecule has 0 spiro atoms. The number of carbonyl (C=O) groups is 2. The Hall–Kier alpha value is -2.34. The van der Waals surface area contributed by atoms with Crippen molar-refractivity contribution in [1.82, 2.24) is 15.1 Å². The number of nitrogens with zero attached hydrogens (tertiary/aromatic N) is 3. The molecule has 1 atom stereocenters. The Labute approximate surface area is 145 Å². The fourth-order valence-corrected chi connectivity index (χ4v) is 3.13. The van der Waals surface area contributed by atoms with Gasteiger partial charge < -0.3 is 10.2 Å². The van der Waals surface area contributed by atoms with Crippen molar-refractivity contribution in [3.05, 3.63) is 47.2 Å². The minimum Gasteiger partial charge on any atom is -0.351 e. The van der Waals surface area contributed by atoms with Crippen molar-refractivity contribution in [2.24, 2.45) is 7.05 Å². The van der Waals surface area contributed by atoms with Gasteiger partial charge in [-0.25, -0.2) is 0 Å². The van der Waals surface area contributed by atoms with Crippen LogP contribution < -0.4 is 10.2 Å². The third kappa shape index (κ3) is 3.59. The highest BCUT2D eigenvalue weighted by Gasteiger charge is 2.32. The second kappa shape index (κ2) is 7.05. The maximum absolute atomic E-state index is 12.2. The van der Waals surface area contributed by atoms with E-state index in [1.807, 2.05) is 31.3 Å². The lowest BCUT2D eigenvalue weighted by atomic mass is 10.2. The standard InChI is InChI=1S/C17H19ClN4O2/c1-21-13(8-9-19-21)6-7-16(23)20-12-10-17(24)22(11-12)15-5-3-2-4-14(15)18/h2-5,8-9,12H,6-7,10-11H2,1H3,(H,20,23)/t12-/m0/s1. The molecule has 1 aromatic carbocycles. The van der Waals surface area contributed by atoms with Crippen LogP contribution in [0.2, 0.25) is 5.02 Å². The molecule has 2 amide bonds. The number of carbonyl (C=O) groups excluding carboxylic acids is 2. The Morgan fingerprint density at radius 1 is 1.38 bits per heavy atom. The topological polar surface area (TPSA) is 67.2 Å². The first-order valence-corrected chi connectivity index (χ1v) is 8.23. The molecule has 2 aromatic rings. The summed E-state index contributed by atoms with van der Waals surface area (Å²) < 4.78 is 1.76. The Kier molecular flexibility index (Phi) is 4.85. The Bertz CT molecular complexity index is 759. The quantitative estimate of drug-likeness (QED) is 0.899. The van der Waals surface area contributed by atoms with Gasteiger partial charge in [-0.15, -0.1) is 0 Å². The van der Waals surface area contributed by atoms with Gasteiger partial charge in [0.05, 0.1) is 16.8 Å². The zero-order valence-electron chi connectivity index (χ0n) is 13.4. The van der Waals surface area contributed by atoms with Crippen molar-refractivity contribution in [1.29, 1.82) is 0 Å². The van der Waals surface area contributed by atoms with Gasteiger partial charge in [0.15, 0.2) is 0 Å². The molecule has 24 heavy (non-hydrogen) atoms. The van der Waals surface area contributed by atoms with Crippen molar-refractivity contribution in [2.75, 3.05) is 11.4 Å². The highest BCUT2D eigenvalue weighted by molar-refractivity contribution is 6.33. The van der Waals surface area contributed by atoms with E-state index in [1.165, 1.54) is 0 Å². The maximum Gasteiger partial charge on any atom is 0.229 e. The predicted molar refractivity (Wildman–Crippen MR) is 91.9 cm³/mol. The molecule has 7 heteroatoms. The first kappa shape index (κ1) is 16.5. The molecule has 1 fully saturated rings. The summed E-state index contributed by atoms with van der Waals surface area (Å²) >= 11 is 6.16. The lowest BCUT2D eigenvalue weighted by molar-refractivity contribution is -0.121. The number of amides is 2. The van der Waals surface area contributed by atoms with Gasteiger partial charge in [0.25, 0.3) is 0 Å². The minimum atomic E-state index is -0.187. The molecular weight excluding hydrogens is 328 g/mol. The number of nitrogens with one attached hydrogen (secondary N) is 1. The number of anilines is 1. The molecule has 3 rings (SSSR count). The van der Waals surface area contributed by atoms with Gasteiger partial charge in [0.1, 0.15) is 0 Å². The van der Waals surface area contributed by atoms with Gasteiger partial charge in [0, 0.05) is 38.3 Å². The van der Waals surface area contributed by atoms with Crippen LogP contribution in [-0.2, 0) is 23.1 Å². The zero-order chi connectivity index (χ0) is 17.1. The third-order valence-corrected chi connectivity index (χ3v) is 4.48. The van der Waals surface area contributed by atoms with E-state index in [0.29, 0.717) is 36.5 Å². The number of para-hydroxylation sites is 1. The summed E-state index contributed by atoms with van der Waals surface area (Å²) in [4.78, 5) is 26.0. The molecule has 0 saturated carbocycles. The van der Waals surface area contributed by atoms with Crippen LogP contribution in [0.4, 0.5) is 5.69 Å². The van der Waals surface area contributed by atoms with Crippen molar-refractivity contribution in [3.8, 4) is 0 Å². The Morgan fingerprint density at radius 2 is 2.17 bits per heavy atom. The molecule has 0 unspecified atom stereocenters. The third-order valence-electron chi connectivity index (χ3n) is 4.16. The van der Waals surface area contributed by atoms with Crippen molar-refractivity contribution < 1.29 is 9.59 Å². The summed E-state index contributed by atoms with van der Waals surface area (Å²) in [5.74, 6) is -0.0879. The fraction of sp³-hybridized carbons (Fsp3) is 0.353. The van der Waals surface area contributed by atoms with E-state index < -0.39 is 0 Å². The summed E-state index contributed by atoms with van der Waals surface area (Å²) in [5, 5.41) is 7.55. The van der Waals surface area contributed by atoms with Gasteiger partial charge in [-0.05, 0) is 24.6 Å². The first-order valence-electron chi connectivity index (χ1n) is 7.85. The van der Waals surface area contributed by atoms with Gasteiger partial charge in [0.2, 0.25) is 11.8 Å². The van der Waals surface area contributed by atoms with Crippen molar-refractivity contribution in [3.63, 3.8) is 0 Å². The number of aromatic nitrogens is 2. The molecule has 0 radical (unpaired) electrons. The zero-order valence-corrected chi connectivity index (χ0v) is 14.2. The van der Waals surface area contributed by atoms with Crippen LogP contribution in [0, 0.1) is 0 Å². The van der Waals surface area contributed by atoms with Crippen LogP contribution in [0.25, 0.3) is 0 Å². The summed E-state index contributed by atoms with van der Waals surface area (Å²) in [6.07, 6.45) is 3.00. The van der Waals surface area contributed by atoms with E-state index in [4.69, 9.17) is 11.6 Å². The van der Waals surface area contributed by atoms with Crippen LogP contribution in [0.5, 0.6) is 0 Å². The molecular formula is C17H19ClN4O2. The first-order chi connectivity index (χ1) is 11.5. The molecule has 1 N–H and O–H groups in total. The number of benzene rings is 1. The number of rotatable bonds is 5. The normalized spacial score (nSPS) is 17.3. The summed E-state index contributed by atoms with van der Waals surface area (Å²) in [6.45, 7) is 0.444. The van der Waals surface area contributed by atoms with E-state index in [-0.39, 0.29) is 17.9 Å². The second-order valence-corrected chi connectivity index (χ2v) is 6.28. The molecule has 1 aliphatic rings. The highest BCUT2D eigenvalue weighted by Crippen LogP contribution is 2.28. The smallest absolute Gasteiger partial charge is 0.229 e. The van der Waals surface area contributed by atoms with E-state index >= 15 is 0 Å². The summed E-state index contributed by atoms with van der Waals surface area (Å²) in [5.41, 5.74) is 1.70. The molecule has 1 aliphatic heterocycles. The largest absolute Gasteiger partial charge is 0.351 e. The number of aryl methyl sites for hydroxylation is 2. The Balaban J connectivity index is 1.55. The Morgan fingerprint density at radius 3 is 2.88 bits per heavy atom. The molecule has 1 saturated heterocycles. The van der Waals surface area contributed by atoms with Gasteiger partial charge >= 0.3 is 0 Å². The lowest BCUT2D eigenvalue weighted by Crippen LogP contribution is -2.37. The summed E-state index contributed by atoms with van der Waals surface area (Å²) in [6, 6.07) is 8.94. The van der Waals surface area contributed by atoms with Gasteiger partial charge in [-0.1, -0.05) is 23.7 Å².